The molecule has 0 saturated heterocycles. The molecule has 0 atom stereocenters. The highest BCUT2D eigenvalue weighted by Crippen LogP contribution is 2.36. The van der Waals surface area contributed by atoms with E-state index in [9.17, 15) is 13.0 Å². The summed E-state index contributed by atoms with van der Waals surface area (Å²) in [5, 5.41) is 3.53. The van der Waals surface area contributed by atoms with E-state index in [-0.39, 0.29) is 4.90 Å². The average molecular weight is 300 g/mol. The Bertz CT molecular complexity index is 986. The highest BCUT2D eigenvalue weighted by atomic mass is 32.2. The lowest BCUT2D eigenvalue weighted by Crippen LogP contribution is -2.05. The molecule has 0 aliphatic carbocycles. The van der Waals surface area contributed by atoms with Gasteiger partial charge in [0.15, 0.2) is 0 Å². The molecule has 0 radical (unpaired) electrons. The molecule has 0 aliphatic heterocycles. The fraction of sp³-hybridized carbons (Fsp3) is 0.176. The molecule has 4 heteroatoms. The van der Waals surface area contributed by atoms with Gasteiger partial charge < -0.3 is 0 Å². The van der Waals surface area contributed by atoms with Crippen LogP contribution in [-0.4, -0.2) is 13.0 Å². The van der Waals surface area contributed by atoms with E-state index in [0.29, 0.717) is 10.9 Å². The Morgan fingerprint density at radius 1 is 0.810 bits per heavy atom. The third-order valence-corrected chi connectivity index (χ3v) is 5.31. The lowest BCUT2D eigenvalue weighted by molar-refractivity contribution is 0.483. The topological polar surface area (TPSA) is 54.4 Å². The van der Waals surface area contributed by atoms with E-state index in [1.54, 1.807) is 13.0 Å². The summed E-state index contributed by atoms with van der Waals surface area (Å²) < 4.78 is 33.3. The monoisotopic (exact) mass is 300 g/mol. The van der Waals surface area contributed by atoms with E-state index in [4.69, 9.17) is 0 Å². The molecule has 0 aliphatic rings. The Morgan fingerprint density at radius 2 is 1.48 bits per heavy atom. The van der Waals surface area contributed by atoms with Gasteiger partial charge in [0.05, 0.1) is 0 Å². The molecule has 0 unspecified atom stereocenters. The van der Waals surface area contributed by atoms with Crippen LogP contribution in [0.15, 0.2) is 41.3 Å². The fourth-order valence-electron chi connectivity index (χ4n) is 3.04. The third-order valence-electron chi connectivity index (χ3n) is 4.27. The minimum absolute atomic E-state index is 0.0198. The summed E-state index contributed by atoms with van der Waals surface area (Å²) in [5.74, 6) is 0. The van der Waals surface area contributed by atoms with Gasteiger partial charge in [-0.2, -0.15) is 8.42 Å². The normalized spacial score (nSPS) is 12.2. The molecule has 3 aromatic rings. The van der Waals surface area contributed by atoms with Gasteiger partial charge in [-0.25, -0.2) is 0 Å². The molecule has 108 valence electrons. The van der Waals surface area contributed by atoms with Crippen LogP contribution in [-0.2, 0) is 10.1 Å². The maximum Gasteiger partial charge on any atom is 0.295 e. The van der Waals surface area contributed by atoms with Crippen LogP contribution in [0.3, 0.4) is 0 Å². The Hall–Kier alpha value is -1.91. The second-order valence-corrected chi connectivity index (χ2v) is 6.75. The van der Waals surface area contributed by atoms with Crippen LogP contribution < -0.4 is 0 Å². The van der Waals surface area contributed by atoms with Crippen molar-refractivity contribution in [2.45, 2.75) is 25.7 Å². The zero-order valence-electron chi connectivity index (χ0n) is 12.1. The quantitative estimate of drug-likeness (QED) is 0.542. The predicted molar refractivity (Wildman–Crippen MR) is 85.5 cm³/mol. The average Bonchev–Trinajstić information content (AvgIpc) is 2.43. The summed E-state index contributed by atoms with van der Waals surface area (Å²) in [5.41, 5.74) is 2.55. The Labute approximate surface area is 124 Å². The first kappa shape index (κ1) is 14.0. The summed E-state index contributed by atoms with van der Waals surface area (Å²) >= 11 is 0. The lowest BCUT2D eigenvalue weighted by Gasteiger charge is -2.16. The first-order valence-electron chi connectivity index (χ1n) is 6.71. The summed E-state index contributed by atoms with van der Waals surface area (Å²) in [4.78, 5) is 0.0198. The number of hydrogen-bond acceptors (Lipinski definition) is 2. The van der Waals surface area contributed by atoms with Gasteiger partial charge in [-0.15, -0.1) is 0 Å². The van der Waals surface area contributed by atoms with Crippen LogP contribution in [0.5, 0.6) is 0 Å². The lowest BCUT2D eigenvalue weighted by atomic mass is 9.92. The largest absolute Gasteiger partial charge is 0.295 e. The number of rotatable bonds is 1. The Balaban J connectivity index is 2.71. The van der Waals surface area contributed by atoms with Crippen LogP contribution in [0.2, 0.25) is 0 Å². The van der Waals surface area contributed by atoms with E-state index >= 15 is 0 Å². The minimum Gasteiger partial charge on any atom is -0.282 e. The fourth-order valence-corrected chi connectivity index (χ4v) is 4.03. The van der Waals surface area contributed by atoms with Crippen molar-refractivity contribution in [2.75, 3.05) is 0 Å². The van der Waals surface area contributed by atoms with Gasteiger partial charge in [0.25, 0.3) is 10.1 Å². The van der Waals surface area contributed by atoms with E-state index in [1.165, 1.54) is 0 Å². The molecule has 0 spiro atoms. The van der Waals surface area contributed by atoms with Crippen molar-refractivity contribution < 1.29 is 13.0 Å². The summed E-state index contributed by atoms with van der Waals surface area (Å²) in [6.45, 7) is 5.62. The van der Waals surface area contributed by atoms with Crippen molar-refractivity contribution >= 4 is 31.7 Å². The van der Waals surface area contributed by atoms with Gasteiger partial charge in [-0.05, 0) is 53.6 Å². The standard InChI is InChI=1S/C17H16O3S/c1-10-11(2)16-14-7-5-4-6-13(14)8-9-15(16)17(12(10)3)21(18,19)20/h4-9H,1-3H3,(H,18,19,20). The van der Waals surface area contributed by atoms with Gasteiger partial charge in [-0.3, -0.25) is 4.55 Å². The number of fused-ring (bicyclic) bond motifs is 3. The predicted octanol–water partition coefficient (Wildman–Crippen LogP) is 4.16. The summed E-state index contributed by atoms with van der Waals surface area (Å²) in [7, 11) is -4.27. The van der Waals surface area contributed by atoms with Crippen molar-refractivity contribution in [3.63, 3.8) is 0 Å². The zero-order chi connectivity index (χ0) is 15.4. The van der Waals surface area contributed by atoms with E-state index < -0.39 is 10.1 Å². The van der Waals surface area contributed by atoms with Crippen LogP contribution in [0.4, 0.5) is 0 Å². The molecule has 0 bridgehead atoms. The van der Waals surface area contributed by atoms with Crippen molar-refractivity contribution in [3.05, 3.63) is 53.1 Å². The third kappa shape index (κ3) is 2.03. The molecule has 3 nitrogen and oxygen atoms in total. The zero-order valence-corrected chi connectivity index (χ0v) is 13.0. The molecule has 0 heterocycles. The van der Waals surface area contributed by atoms with E-state index in [2.05, 4.69) is 0 Å². The van der Waals surface area contributed by atoms with Gasteiger partial charge in [-0.1, -0.05) is 36.4 Å². The van der Waals surface area contributed by atoms with Gasteiger partial charge in [0.1, 0.15) is 4.90 Å². The van der Waals surface area contributed by atoms with Crippen LogP contribution in [0, 0.1) is 20.8 Å². The number of aryl methyl sites for hydroxylation is 1. The molecule has 3 aromatic carbocycles. The Kier molecular flexibility index (Phi) is 3.04. The molecule has 0 saturated carbocycles. The maximum atomic E-state index is 11.8. The SMILES string of the molecule is Cc1c(C)c(C)c2c(ccc3ccccc32)c1S(=O)(=O)O. The molecular weight excluding hydrogens is 284 g/mol. The number of benzene rings is 3. The number of hydrogen-bond donors (Lipinski definition) is 1. The molecule has 1 N–H and O–H groups in total. The smallest absolute Gasteiger partial charge is 0.282 e. The van der Waals surface area contributed by atoms with Gasteiger partial charge in [0, 0.05) is 5.39 Å². The first-order chi connectivity index (χ1) is 9.82. The second kappa shape index (κ2) is 4.55. The molecule has 0 amide bonds. The molecule has 3 rings (SSSR count). The van der Waals surface area contributed by atoms with Crippen LogP contribution in [0.25, 0.3) is 21.5 Å². The second-order valence-electron chi connectivity index (χ2n) is 5.39. The first-order valence-corrected chi connectivity index (χ1v) is 8.15. The van der Waals surface area contributed by atoms with E-state index in [1.807, 2.05) is 44.2 Å². The van der Waals surface area contributed by atoms with Crippen molar-refractivity contribution in [3.8, 4) is 0 Å². The highest BCUT2D eigenvalue weighted by Gasteiger charge is 2.21. The Morgan fingerprint density at radius 3 is 2.14 bits per heavy atom. The summed E-state index contributed by atoms with van der Waals surface area (Å²) in [6, 6.07) is 11.5. The van der Waals surface area contributed by atoms with Crippen molar-refractivity contribution in [1.29, 1.82) is 0 Å². The van der Waals surface area contributed by atoms with E-state index in [0.717, 1.165) is 27.3 Å². The van der Waals surface area contributed by atoms with Crippen LogP contribution >= 0.6 is 0 Å². The molecular formula is C17H16O3S. The molecule has 0 aromatic heterocycles. The van der Waals surface area contributed by atoms with Crippen molar-refractivity contribution in [2.24, 2.45) is 0 Å². The maximum absolute atomic E-state index is 11.8. The minimum atomic E-state index is -4.27. The van der Waals surface area contributed by atoms with Crippen LogP contribution in [0.1, 0.15) is 16.7 Å². The summed E-state index contributed by atoms with van der Waals surface area (Å²) in [6.07, 6.45) is 0. The highest BCUT2D eigenvalue weighted by molar-refractivity contribution is 7.86. The molecule has 0 fully saturated rings. The van der Waals surface area contributed by atoms with Gasteiger partial charge >= 0.3 is 0 Å². The molecule has 21 heavy (non-hydrogen) atoms. The van der Waals surface area contributed by atoms with Crippen molar-refractivity contribution in [1.82, 2.24) is 0 Å². The van der Waals surface area contributed by atoms with Gasteiger partial charge in [0.2, 0.25) is 0 Å².